The molecular formula is C22H29F3O2S. The summed E-state index contributed by atoms with van der Waals surface area (Å²) in [6.45, 7) is 2.23. The summed E-state index contributed by atoms with van der Waals surface area (Å²) in [5.41, 5.74) is -0.958. The van der Waals surface area contributed by atoms with E-state index in [2.05, 4.69) is 19.6 Å². The number of rotatable bonds is 5. The maximum atomic E-state index is 13.8. The molecule has 1 aromatic rings. The molecule has 0 atom stereocenters. The number of hydrogen-bond acceptors (Lipinski definition) is 2. The number of carbonyl (C=O) groups is 1. The molecule has 6 heteroatoms. The van der Waals surface area contributed by atoms with Crippen LogP contribution in [0.1, 0.15) is 76.7 Å². The first-order chi connectivity index (χ1) is 13.3. The molecule has 0 spiro atoms. The van der Waals surface area contributed by atoms with Crippen molar-refractivity contribution in [3.05, 3.63) is 35.1 Å². The van der Waals surface area contributed by atoms with Crippen molar-refractivity contribution in [2.75, 3.05) is 0 Å². The molecule has 0 N–H and O–H groups in total. The third kappa shape index (κ3) is 4.69. The Morgan fingerprint density at radius 3 is 2.07 bits per heavy atom. The monoisotopic (exact) mass is 414 g/mol. The molecule has 0 saturated heterocycles. The van der Waals surface area contributed by atoms with E-state index >= 15 is 0 Å². The molecule has 2 saturated carbocycles. The zero-order valence-electron chi connectivity index (χ0n) is 16.4. The van der Waals surface area contributed by atoms with Crippen LogP contribution in [0.3, 0.4) is 0 Å². The Kier molecular flexibility index (Phi) is 7.00. The first-order valence-corrected chi connectivity index (χ1v) is 10.9. The Balaban J connectivity index is 1.71. The van der Waals surface area contributed by atoms with Gasteiger partial charge in [0.05, 0.1) is 0 Å². The molecule has 3 rings (SSSR count). The van der Waals surface area contributed by atoms with Crippen LogP contribution in [-0.4, -0.2) is 5.30 Å². The topological polar surface area (TPSA) is 26.3 Å². The van der Waals surface area contributed by atoms with Crippen LogP contribution in [0, 0.1) is 35.2 Å². The van der Waals surface area contributed by atoms with Crippen molar-refractivity contribution < 1.29 is 22.7 Å². The molecule has 0 aliphatic heterocycles. The van der Waals surface area contributed by atoms with Crippen molar-refractivity contribution in [3.63, 3.8) is 0 Å². The summed E-state index contributed by atoms with van der Waals surface area (Å²) in [5.74, 6) is -1.99. The predicted octanol–water partition coefficient (Wildman–Crippen LogP) is 7.16. The highest BCUT2D eigenvalue weighted by Gasteiger charge is 2.43. The summed E-state index contributed by atoms with van der Waals surface area (Å²) in [7, 11) is 0. The minimum atomic E-state index is -1.51. The smallest absolute Gasteiger partial charge is 0.365 e. The minimum Gasteiger partial charge on any atom is -0.446 e. The first kappa shape index (κ1) is 21.5. The van der Waals surface area contributed by atoms with Crippen molar-refractivity contribution >= 4 is 17.9 Å². The molecule has 2 nitrogen and oxygen atoms in total. The number of ether oxygens (including phenoxy) is 1. The van der Waals surface area contributed by atoms with E-state index in [4.69, 9.17) is 4.74 Å². The van der Waals surface area contributed by atoms with Gasteiger partial charge in [0.1, 0.15) is 5.60 Å². The molecule has 0 unspecified atom stereocenters. The highest BCUT2D eigenvalue weighted by atomic mass is 32.1. The van der Waals surface area contributed by atoms with Crippen LogP contribution in [0.5, 0.6) is 0 Å². The van der Waals surface area contributed by atoms with Gasteiger partial charge in [-0.25, -0.2) is 18.0 Å². The third-order valence-electron chi connectivity index (χ3n) is 6.89. The van der Waals surface area contributed by atoms with Gasteiger partial charge in [0.2, 0.25) is 0 Å². The van der Waals surface area contributed by atoms with E-state index < -0.39 is 28.4 Å². The lowest BCUT2D eigenvalue weighted by molar-refractivity contribution is -0.0292. The van der Waals surface area contributed by atoms with Gasteiger partial charge in [-0.2, -0.15) is 0 Å². The maximum absolute atomic E-state index is 13.8. The Bertz CT molecular complexity index is 670. The summed E-state index contributed by atoms with van der Waals surface area (Å²) in [5, 5.41) is -0.788. The number of thiol groups is 1. The molecule has 0 amide bonds. The van der Waals surface area contributed by atoms with Crippen LogP contribution >= 0.6 is 12.6 Å². The zero-order chi connectivity index (χ0) is 20.3. The van der Waals surface area contributed by atoms with E-state index in [0.29, 0.717) is 24.7 Å². The molecule has 2 aliphatic rings. The molecule has 0 radical (unpaired) electrons. The summed E-state index contributed by atoms with van der Waals surface area (Å²) < 4.78 is 46.4. The van der Waals surface area contributed by atoms with Crippen molar-refractivity contribution in [2.45, 2.75) is 76.7 Å². The van der Waals surface area contributed by atoms with Crippen LogP contribution < -0.4 is 0 Å². The second-order valence-corrected chi connectivity index (χ2v) is 8.89. The van der Waals surface area contributed by atoms with Gasteiger partial charge in [-0.15, -0.1) is 0 Å². The van der Waals surface area contributed by atoms with E-state index in [0.717, 1.165) is 30.9 Å². The lowest BCUT2D eigenvalue weighted by Gasteiger charge is -2.43. The number of hydrogen-bond donors (Lipinski definition) is 1. The lowest BCUT2D eigenvalue weighted by atomic mass is 9.66. The quantitative estimate of drug-likeness (QED) is 0.314. The van der Waals surface area contributed by atoms with Gasteiger partial charge in [0.25, 0.3) is 0 Å². The predicted molar refractivity (Wildman–Crippen MR) is 106 cm³/mol. The highest BCUT2D eigenvalue weighted by molar-refractivity contribution is 7.96. The summed E-state index contributed by atoms with van der Waals surface area (Å²) >= 11 is 3.72. The zero-order valence-corrected chi connectivity index (χ0v) is 17.2. The number of carbonyl (C=O) groups excluding carboxylic acids is 1. The van der Waals surface area contributed by atoms with Crippen molar-refractivity contribution in [2.24, 2.45) is 17.8 Å². The van der Waals surface area contributed by atoms with Gasteiger partial charge in [-0.05, 0) is 68.4 Å². The summed E-state index contributed by atoms with van der Waals surface area (Å²) in [4.78, 5) is 11.6. The second-order valence-electron chi connectivity index (χ2n) is 8.52. The fourth-order valence-corrected chi connectivity index (χ4v) is 5.54. The van der Waals surface area contributed by atoms with Gasteiger partial charge < -0.3 is 4.74 Å². The number of benzene rings is 1. The Morgan fingerprint density at radius 1 is 1.04 bits per heavy atom. The Labute approximate surface area is 170 Å². The van der Waals surface area contributed by atoms with Gasteiger partial charge >= 0.3 is 5.30 Å². The molecule has 156 valence electrons. The maximum Gasteiger partial charge on any atom is 0.365 e. The molecule has 0 bridgehead atoms. The average Bonchev–Trinajstić information content (AvgIpc) is 2.67. The van der Waals surface area contributed by atoms with Crippen LogP contribution in [0.15, 0.2) is 12.1 Å². The molecule has 0 aromatic heterocycles. The van der Waals surface area contributed by atoms with Crippen molar-refractivity contribution in [1.82, 2.24) is 0 Å². The molecule has 0 heterocycles. The Morgan fingerprint density at radius 2 is 1.57 bits per heavy atom. The van der Waals surface area contributed by atoms with E-state index in [-0.39, 0.29) is 5.56 Å². The standard InChI is InChI=1S/C22H29F3O2S/c1-2-3-14-4-6-15(7-5-14)16-8-10-22(11-9-16,27-21(26)28)17-12-18(23)20(25)19(24)13-17/h12-16H,2-11H2,1H3,(H,26,28). The SMILES string of the molecule is CCCC1CCC(C2CCC(OC(=O)S)(c3cc(F)c(F)c(F)c3)CC2)CC1. The second kappa shape index (κ2) is 9.10. The largest absolute Gasteiger partial charge is 0.446 e. The van der Waals surface area contributed by atoms with Crippen LogP contribution in [0.25, 0.3) is 0 Å². The highest BCUT2D eigenvalue weighted by Crippen LogP contribution is 2.48. The minimum absolute atomic E-state index is 0.177. The molecule has 1 aromatic carbocycles. The Hall–Kier alpha value is -1.17. The molecule has 2 aliphatic carbocycles. The van der Waals surface area contributed by atoms with E-state index in [1.807, 2.05) is 0 Å². The van der Waals surface area contributed by atoms with Gasteiger partial charge in [0.15, 0.2) is 17.5 Å². The van der Waals surface area contributed by atoms with Crippen LogP contribution in [-0.2, 0) is 10.3 Å². The van der Waals surface area contributed by atoms with Gasteiger partial charge in [-0.1, -0.05) is 45.2 Å². The normalized spacial score (nSPS) is 30.8. The van der Waals surface area contributed by atoms with E-state index in [1.165, 1.54) is 38.5 Å². The molecule has 28 heavy (non-hydrogen) atoms. The lowest BCUT2D eigenvalue weighted by Crippen LogP contribution is -2.38. The van der Waals surface area contributed by atoms with Crippen LogP contribution in [0.2, 0.25) is 0 Å². The fourth-order valence-electron chi connectivity index (χ4n) is 5.37. The average molecular weight is 415 g/mol. The summed E-state index contributed by atoms with van der Waals surface area (Å²) in [6.07, 6.45) is 10.2. The van der Waals surface area contributed by atoms with Gasteiger partial charge in [-0.3, -0.25) is 0 Å². The van der Waals surface area contributed by atoms with E-state index in [1.54, 1.807) is 0 Å². The number of halogens is 3. The molecular weight excluding hydrogens is 385 g/mol. The first-order valence-electron chi connectivity index (χ1n) is 10.4. The van der Waals surface area contributed by atoms with Crippen molar-refractivity contribution in [3.8, 4) is 0 Å². The fraction of sp³-hybridized carbons (Fsp3) is 0.682. The molecule has 2 fully saturated rings. The summed E-state index contributed by atoms with van der Waals surface area (Å²) in [6, 6.07) is 1.90. The van der Waals surface area contributed by atoms with Crippen LogP contribution in [0.4, 0.5) is 18.0 Å². The van der Waals surface area contributed by atoms with Gasteiger partial charge in [0, 0.05) is 5.56 Å². The van der Waals surface area contributed by atoms with E-state index in [9.17, 15) is 18.0 Å². The third-order valence-corrected chi connectivity index (χ3v) is 6.98. The van der Waals surface area contributed by atoms with Crippen molar-refractivity contribution in [1.29, 1.82) is 0 Å².